The highest BCUT2D eigenvalue weighted by Gasteiger charge is 2.39. The number of nitrogens with zero attached hydrogens (tertiary/aromatic N) is 3. The van der Waals surface area contributed by atoms with E-state index >= 15 is 0 Å². The van der Waals surface area contributed by atoms with Crippen molar-refractivity contribution in [2.45, 2.75) is 128 Å². The number of hydrogen-bond donors (Lipinski definition) is 4. The number of methoxy groups -OCH3 is 1. The molecular formula is C46H64ClN7O9. The molecule has 5 atom stereocenters. The number of likely N-dealkylation sites (N-methyl/N-ethyl adjacent to an activating group) is 2. The van der Waals surface area contributed by atoms with Gasteiger partial charge in [0.1, 0.15) is 36.5 Å². The number of nitrogens with two attached hydrogens (primary N) is 1. The van der Waals surface area contributed by atoms with Gasteiger partial charge in [0.15, 0.2) is 0 Å². The molecule has 1 heterocycles. The van der Waals surface area contributed by atoms with Gasteiger partial charge in [-0.05, 0) is 72.4 Å². The lowest BCUT2D eigenvalue weighted by molar-refractivity contribution is -0.150. The fourth-order valence-corrected chi connectivity index (χ4v) is 7.99. The zero-order chi connectivity index (χ0) is 46.6. The van der Waals surface area contributed by atoms with Crippen LogP contribution >= 0.6 is 11.6 Å². The number of hydrogen-bond acceptors (Lipinski definition) is 10. The molecule has 1 aromatic carbocycles. The number of rotatable bonds is 24. The van der Waals surface area contributed by atoms with Crippen molar-refractivity contribution >= 4 is 65.4 Å². The van der Waals surface area contributed by atoms with E-state index < -0.39 is 78.0 Å². The van der Waals surface area contributed by atoms with Crippen molar-refractivity contribution in [1.82, 2.24) is 30.7 Å². The van der Waals surface area contributed by atoms with Crippen LogP contribution in [-0.2, 0) is 55.9 Å². The number of aromatic nitrogens is 1. The maximum Gasteiger partial charge on any atom is 0.328 e. The van der Waals surface area contributed by atoms with Crippen LogP contribution in [0.3, 0.4) is 0 Å². The Morgan fingerprint density at radius 2 is 1.60 bits per heavy atom. The number of aryl methyl sites for hydroxylation is 1. The number of benzene rings is 1. The molecule has 0 spiro atoms. The van der Waals surface area contributed by atoms with Crippen molar-refractivity contribution < 1.29 is 43.1 Å². The third-order valence-electron chi connectivity index (χ3n) is 11.3. The maximum absolute atomic E-state index is 14.7. The molecule has 17 heteroatoms. The average molecular weight is 895 g/mol. The molecule has 1 fully saturated rings. The number of nitrogens with one attached hydrogen (secondary N) is 3. The van der Waals surface area contributed by atoms with Crippen LogP contribution in [0.4, 0.5) is 0 Å². The summed E-state index contributed by atoms with van der Waals surface area (Å²) < 4.78 is 5.01. The van der Waals surface area contributed by atoms with Crippen molar-refractivity contribution in [3.63, 3.8) is 0 Å². The van der Waals surface area contributed by atoms with E-state index in [0.717, 1.165) is 48.1 Å². The average Bonchev–Trinajstić information content (AvgIpc) is 3.27. The van der Waals surface area contributed by atoms with Crippen LogP contribution in [0.5, 0.6) is 0 Å². The molecule has 2 aromatic rings. The fourth-order valence-electron chi connectivity index (χ4n) is 7.73. The topological polar surface area (TPSA) is 227 Å². The Hall–Kier alpha value is -5.64. The van der Waals surface area contributed by atoms with Gasteiger partial charge >= 0.3 is 5.97 Å². The molecule has 1 aliphatic carbocycles. The Morgan fingerprint density at radius 3 is 2.21 bits per heavy atom. The fraction of sp³-hybridized carbons (Fsp3) is 0.543. The number of amides is 6. The Kier molecular flexibility index (Phi) is 21.4. The minimum atomic E-state index is -1.39. The molecule has 6 amide bonds. The van der Waals surface area contributed by atoms with Gasteiger partial charge in [-0.25, -0.2) is 4.79 Å². The van der Waals surface area contributed by atoms with E-state index in [9.17, 15) is 38.4 Å². The highest BCUT2D eigenvalue weighted by atomic mass is 35.5. The van der Waals surface area contributed by atoms with Crippen molar-refractivity contribution in [2.24, 2.45) is 17.6 Å². The number of ether oxygens (including phenoxy) is 1. The van der Waals surface area contributed by atoms with Crippen LogP contribution in [0, 0.1) is 11.8 Å². The van der Waals surface area contributed by atoms with E-state index in [4.69, 9.17) is 22.1 Å². The van der Waals surface area contributed by atoms with Gasteiger partial charge in [0.25, 0.3) is 0 Å². The van der Waals surface area contributed by atoms with Crippen molar-refractivity contribution in [2.75, 3.05) is 21.2 Å². The Bertz CT molecular complexity index is 1920. The standard InChI is InChI=1S/C46H64ClN7O9/c1-7-33-25-32(15-17-34(33)47)26-37(46(62)63-6)52-42(58)36(24-29(2)3)51-43(59)38(21-23-55)53(4)45(61)39(27-30-12-9-8-10-13-30)54(5)44(60)35(18-19-40(48)56)50-41(57)20-16-31-14-11-22-49-28-31/h11,14-17,20,22-23,25,28-30,35-39H,7-10,12-13,18-19,21,24,26-27H2,1-6H3,(H2,48,56)(H,50,57)(H,51,59)(H,52,58)/b20-16+/t35-,36-,37-,38-,39-/m0/s1. The molecule has 1 saturated carbocycles. The first-order valence-corrected chi connectivity index (χ1v) is 22.0. The van der Waals surface area contributed by atoms with Crippen LogP contribution in [0.25, 0.3) is 6.08 Å². The molecule has 0 bridgehead atoms. The number of carbonyl (C=O) groups is 8. The molecular weight excluding hydrogens is 830 g/mol. The van der Waals surface area contributed by atoms with Crippen LogP contribution < -0.4 is 21.7 Å². The van der Waals surface area contributed by atoms with E-state index in [-0.39, 0.29) is 43.9 Å². The lowest BCUT2D eigenvalue weighted by atomic mass is 9.84. The summed E-state index contributed by atoms with van der Waals surface area (Å²) in [6.07, 6.45) is 11.2. The molecule has 1 aliphatic rings. The monoisotopic (exact) mass is 893 g/mol. The molecule has 0 radical (unpaired) electrons. The number of primary amides is 1. The highest BCUT2D eigenvalue weighted by molar-refractivity contribution is 6.31. The van der Waals surface area contributed by atoms with E-state index in [1.54, 1.807) is 36.7 Å². The lowest BCUT2D eigenvalue weighted by Gasteiger charge is -2.37. The van der Waals surface area contributed by atoms with E-state index in [2.05, 4.69) is 20.9 Å². The highest BCUT2D eigenvalue weighted by Crippen LogP contribution is 2.30. The summed E-state index contributed by atoms with van der Waals surface area (Å²) in [4.78, 5) is 113. The van der Waals surface area contributed by atoms with Crippen molar-refractivity contribution in [1.29, 1.82) is 0 Å². The first-order chi connectivity index (χ1) is 30.0. The summed E-state index contributed by atoms with van der Waals surface area (Å²) in [5.74, 6) is -4.83. The number of pyridine rings is 1. The van der Waals surface area contributed by atoms with Gasteiger partial charge in [-0.2, -0.15) is 0 Å². The van der Waals surface area contributed by atoms with Gasteiger partial charge in [0, 0.05) is 56.9 Å². The maximum atomic E-state index is 14.7. The summed E-state index contributed by atoms with van der Waals surface area (Å²) >= 11 is 6.30. The largest absolute Gasteiger partial charge is 0.467 e. The molecule has 0 saturated heterocycles. The van der Waals surface area contributed by atoms with Crippen molar-refractivity contribution in [3.05, 3.63) is 70.5 Å². The summed E-state index contributed by atoms with van der Waals surface area (Å²) in [6.45, 7) is 5.64. The number of halogens is 1. The van der Waals surface area contributed by atoms with Gasteiger partial charge in [0.2, 0.25) is 35.4 Å². The molecule has 344 valence electrons. The molecule has 63 heavy (non-hydrogen) atoms. The summed E-state index contributed by atoms with van der Waals surface area (Å²) in [6, 6.07) is 2.69. The molecule has 16 nitrogen and oxygen atoms in total. The van der Waals surface area contributed by atoms with E-state index in [0.29, 0.717) is 23.3 Å². The van der Waals surface area contributed by atoms with Gasteiger partial charge in [0.05, 0.1) is 7.11 Å². The van der Waals surface area contributed by atoms with Gasteiger partial charge in [-0.15, -0.1) is 0 Å². The Balaban J connectivity index is 1.90. The summed E-state index contributed by atoms with van der Waals surface area (Å²) in [7, 11) is 4.00. The second kappa shape index (κ2) is 26.1. The number of carbonyl (C=O) groups excluding carboxylic acids is 8. The Morgan fingerprint density at radius 1 is 0.921 bits per heavy atom. The molecule has 3 rings (SSSR count). The molecule has 1 aromatic heterocycles. The van der Waals surface area contributed by atoms with Crippen LogP contribution in [0.2, 0.25) is 5.02 Å². The second-order valence-electron chi connectivity index (χ2n) is 16.5. The zero-order valence-corrected chi connectivity index (χ0v) is 38.0. The molecule has 0 aliphatic heterocycles. The second-order valence-corrected chi connectivity index (χ2v) is 16.9. The van der Waals surface area contributed by atoms with E-state index in [1.807, 2.05) is 26.8 Å². The number of esters is 1. The first-order valence-electron chi connectivity index (χ1n) is 21.6. The van der Waals surface area contributed by atoms with Crippen molar-refractivity contribution in [3.8, 4) is 0 Å². The Labute approximate surface area is 375 Å². The lowest BCUT2D eigenvalue weighted by Crippen LogP contribution is -2.60. The van der Waals surface area contributed by atoms with Crippen LogP contribution in [0.1, 0.15) is 102 Å². The summed E-state index contributed by atoms with van der Waals surface area (Å²) in [5.41, 5.74) is 7.67. The predicted molar refractivity (Wildman–Crippen MR) is 238 cm³/mol. The van der Waals surface area contributed by atoms with Gasteiger partial charge in [-0.3, -0.25) is 33.8 Å². The third-order valence-corrected chi connectivity index (χ3v) is 11.7. The minimum absolute atomic E-state index is 0.0547. The predicted octanol–water partition coefficient (Wildman–Crippen LogP) is 3.71. The number of aldehydes is 1. The van der Waals surface area contributed by atoms with E-state index in [1.165, 1.54) is 38.3 Å². The zero-order valence-electron chi connectivity index (χ0n) is 37.3. The van der Waals surface area contributed by atoms with Gasteiger partial charge in [-0.1, -0.05) is 82.7 Å². The van der Waals surface area contributed by atoms with Crippen LogP contribution in [-0.4, -0.2) is 114 Å². The minimum Gasteiger partial charge on any atom is -0.467 e. The van der Waals surface area contributed by atoms with Crippen LogP contribution in [0.15, 0.2) is 48.8 Å². The third kappa shape index (κ3) is 16.5. The molecule has 5 N–H and O–H groups in total. The quantitative estimate of drug-likeness (QED) is 0.0679. The normalized spacial score (nSPS) is 15.3. The first kappa shape index (κ1) is 51.7. The van der Waals surface area contributed by atoms with Gasteiger partial charge < -0.3 is 41.0 Å². The smallest absolute Gasteiger partial charge is 0.328 e. The molecule has 0 unspecified atom stereocenters. The summed E-state index contributed by atoms with van der Waals surface area (Å²) in [5, 5.41) is 8.68. The SMILES string of the molecule is CCc1cc(C[C@H](NC(=O)[C@H](CC(C)C)NC(=O)[C@H](CC=O)N(C)C(=O)[C@H](CC2CCCCC2)N(C)C(=O)[C@H](CCC(N)=O)NC(=O)/C=C/c2cccnc2)C(=O)OC)ccc1Cl.